The van der Waals surface area contributed by atoms with E-state index >= 15 is 0 Å². The topological polar surface area (TPSA) is 99.9 Å². The fourth-order valence-corrected chi connectivity index (χ4v) is 5.97. The zero-order chi connectivity index (χ0) is 28.7. The highest BCUT2D eigenvalue weighted by molar-refractivity contribution is 5.94. The number of allylic oxidation sites excluding steroid dienone is 1. The lowest BCUT2D eigenvalue weighted by Crippen LogP contribution is -3.00. The third-order valence-corrected chi connectivity index (χ3v) is 8.54. The normalized spacial score (nSPS) is 22.4. The van der Waals surface area contributed by atoms with Crippen LogP contribution in [0.2, 0.25) is 0 Å². The number of carbonyl (C=O) groups is 2. The van der Waals surface area contributed by atoms with Crippen molar-refractivity contribution >= 4 is 12.1 Å². The van der Waals surface area contributed by atoms with Crippen LogP contribution in [0.1, 0.15) is 124 Å². The first-order valence-corrected chi connectivity index (χ1v) is 15.6. The molecule has 3 unspecified atom stereocenters. The second kappa shape index (κ2) is 19.7. The summed E-state index contributed by atoms with van der Waals surface area (Å²) in [5, 5.41) is 2.92. The summed E-state index contributed by atoms with van der Waals surface area (Å²) in [6, 6.07) is -0.277. The Kier molecular flexibility index (Phi) is 18.1. The summed E-state index contributed by atoms with van der Waals surface area (Å²) in [6.07, 6.45) is 18.3. The molecule has 40 heavy (non-hydrogen) atoms. The Morgan fingerprint density at radius 3 is 1.88 bits per heavy atom. The quantitative estimate of drug-likeness (QED) is 0.0935. The summed E-state index contributed by atoms with van der Waals surface area (Å²) < 4.78 is 10.6. The van der Waals surface area contributed by atoms with Gasteiger partial charge in [-0.1, -0.05) is 95.0 Å². The number of likely N-dealkylation sites (N-methyl/N-ethyl adjacent to an activating group) is 1. The standard InChI is InChI=1S/C31H55N3O5.HI/c1-6-8-9-10-11-12-13-14-15-16-17-18-19-20-22-33-31(36)39-34(7-2)24(3)27(26-21-23-38-26)29(32)28(25(34)4)30(35)37-5;/h24,26H,6-23,32H2,1-5H3;1H. The predicted octanol–water partition coefficient (Wildman–Crippen LogP) is 3.80. The van der Waals surface area contributed by atoms with Crippen LogP contribution in [0.25, 0.3) is 0 Å². The molecule has 0 saturated carbocycles. The number of halogens is 1. The molecule has 2 heterocycles. The zero-order valence-corrected chi connectivity index (χ0v) is 28.0. The number of carbonyl (C=O) groups excluding carboxylic acids is 2. The molecule has 1 saturated heterocycles. The fourth-order valence-electron chi connectivity index (χ4n) is 5.97. The fraction of sp³-hybridized carbons (Fsp3) is 0.806. The Hall–Kier alpha value is -1.33. The monoisotopic (exact) mass is 677 g/mol. The number of nitrogens with one attached hydrogen (secondary N) is 1. The first kappa shape index (κ1) is 36.7. The van der Waals surface area contributed by atoms with E-state index in [9.17, 15) is 9.59 Å². The first-order chi connectivity index (χ1) is 18.8. The van der Waals surface area contributed by atoms with Crippen molar-refractivity contribution in [2.45, 2.75) is 136 Å². The second-order valence-electron chi connectivity index (χ2n) is 11.2. The smallest absolute Gasteiger partial charge is 0.462 e. The van der Waals surface area contributed by atoms with E-state index in [2.05, 4.69) is 12.2 Å². The maximum Gasteiger partial charge on any atom is 0.462 e. The Balaban J connectivity index is 0.00000800. The van der Waals surface area contributed by atoms with Gasteiger partial charge < -0.3 is 44.5 Å². The Bertz CT molecular complexity index is 843. The van der Waals surface area contributed by atoms with E-state index < -0.39 is 12.1 Å². The van der Waals surface area contributed by atoms with Crippen LogP contribution in [0.3, 0.4) is 0 Å². The molecule has 0 radical (unpaired) electrons. The number of hydrogen-bond donors (Lipinski definition) is 2. The summed E-state index contributed by atoms with van der Waals surface area (Å²) in [7, 11) is 1.33. The Labute approximate surface area is 260 Å². The van der Waals surface area contributed by atoms with Crippen molar-refractivity contribution in [2.75, 3.05) is 26.8 Å². The van der Waals surface area contributed by atoms with E-state index in [1.54, 1.807) is 6.92 Å². The highest BCUT2D eigenvalue weighted by Crippen LogP contribution is 2.41. The number of unbranched alkanes of at least 4 members (excludes halogenated alkanes) is 13. The minimum absolute atomic E-state index is 0. The summed E-state index contributed by atoms with van der Waals surface area (Å²) in [5.74, 6) is -0.531. The molecule has 9 heteroatoms. The van der Waals surface area contributed by atoms with Gasteiger partial charge in [-0.2, -0.15) is 0 Å². The molecule has 0 aromatic carbocycles. The van der Waals surface area contributed by atoms with Gasteiger partial charge in [-0.05, 0) is 20.3 Å². The van der Waals surface area contributed by atoms with Gasteiger partial charge in [-0.25, -0.2) is 14.4 Å². The van der Waals surface area contributed by atoms with Crippen molar-refractivity contribution in [3.05, 3.63) is 22.5 Å². The SMILES string of the molecule is CCCCCCCCCCCCCCCCNC(=O)O[N+]1(CC)C(C)=C(C(=O)OC)C(N)=C(C2CCO2)C1C.[I-]. The molecular formula is C31H56IN3O5. The van der Waals surface area contributed by atoms with Gasteiger partial charge in [0.1, 0.15) is 12.1 Å². The number of methoxy groups -OCH3 is 1. The maximum atomic E-state index is 12.9. The second-order valence-corrected chi connectivity index (χ2v) is 11.2. The van der Waals surface area contributed by atoms with Crippen molar-refractivity contribution in [2.24, 2.45) is 5.73 Å². The number of esters is 1. The van der Waals surface area contributed by atoms with Crippen LogP contribution in [-0.2, 0) is 19.1 Å². The summed E-state index contributed by atoms with van der Waals surface area (Å²) in [5.41, 5.74) is 8.49. The third-order valence-electron chi connectivity index (χ3n) is 8.54. The molecule has 3 atom stereocenters. The molecule has 8 nitrogen and oxygen atoms in total. The highest BCUT2D eigenvalue weighted by atomic mass is 127. The van der Waals surface area contributed by atoms with Crippen LogP contribution in [0.15, 0.2) is 22.5 Å². The lowest BCUT2D eigenvalue weighted by atomic mass is 9.87. The van der Waals surface area contributed by atoms with Crippen LogP contribution < -0.4 is 35.0 Å². The number of rotatable bonds is 19. The number of hydrogen-bond acceptors (Lipinski definition) is 6. The van der Waals surface area contributed by atoms with E-state index in [0.29, 0.717) is 31.1 Å². The van der Waals surface area contributed by atoms with Gasteiger partial charge in [0.25, 0.3) is 0 Å². The maximum absolute atomic E-state index is 12.9. The van der Waals surface area contributed by atoms with Crippen LogP contribution in [-0.4, -0.2) is 55.7 Å². The third kappa shape index (κ3) is 10.2. The number of amides is 1. The van der Waals surface area contributed by atoms with E-state index in [1.165, 1.54) is 84.2 Å². The van der Waals surface area contributed by atoms with Crippen molar-refractivity contribution in [1.82, 2.24) is 5.32 Å². The molecule has 0 spiro atoms. The molecule has 0 bridgehead atoms. The van der Waals surface area contributed by atoms with Crippen molar-refractivity contribution in [3.8, 4) is 0 Å². The summed E-state index contributed by atoms with van der Waals surface area (Å²) >= 11 is 0. The van der Waals surface area contributed by atoms with Crippen LogP contribution in [0.4, 0.5) is 4.79 Å². The summed E-state index contributed by atoms with van der Waals surface area (Å²) in [4.78, 5) is 31.7. The van der Waals surface area contributed by atoms with E-state index in [-0.39, 0.29) is 46.3 Å². The van der Waals surface area contributed by atoms with E-state index in [1.807, 2.05) is 13.8 Å². The molecule has 1 fully saturated rings. The number of hydroxylamine groups is 3. The van der Waals surface area contributed by atoms with E-state index in [0.717, 1.165) is 24.8 Å². The average molecular weight is 678 g/mol. The molecular weight excluding hydrogens is 621 g/mol. The van der Waals surface area contributed by atoms with Crippen molar-refractivity contribution in [3.63, 3.8) is 0 Å². The summed E-state index contributed by atoms with van der Waals surface area (Å²) in [6.45, 7) is 9.64. The van der Waals surface area contributed by atoms with Gasteiger partial charge in [-0.3, -0.25) is 0 Å². The highest BCUT2D eigenvalue weighted by Gasteiger charge is 2.52. The molecule has 0 aliphatic carbocycles. The van der Waals surface area contributed by atoms with Gasteiger partial charge in [0.15, 0.2) is 11.7 Å². The lowest BCUT2D eigenvalue weighted by Gasteiger charge is -2.45. The van der Waals surface area contributed by atoms with Crippen molar-refractivity contribution in [1.29, 1.82) is 0 Å². The van der Waals surface area contributed by atoms with E-state index in [4.69, 9.17) is 20.0 Å². The molecule has 0 aromatic heterocycles. The molecule has 2 aliphatic heterocycles. The molecule has 2 rings (SSSR count). The van der Waals surface area contributed by atoms with Gasteiger partial charge >= 0.3 is 12.1 Å². The number of ether oxygens (including phenoxy) is 2. The first-order valence-electron chi connectivity index (χ1n) is 15.6. The predicted molar refractivity (Wildman–Crippen MR) is 155 cm³/mol. The molecule has 232 valence electrons. The number of nitrogens with zero attached hydrogens (tertiary/aromatic N) is 1. The molecule has 2 aliphatic rings. The molecule has 1 amide bonds. The van der Waals surface area contributed by atoms with Crippen LogP contribution in [0.5, 0.6) is 0 Å². The minimum Gasteiger partial charge on any atom is -1.00 e. The van der Waals surface area contributed by atoms with Crippen LogP contribution >= 0.6 is 0 Å². The number of nitrogens with two attached hydrogens (primary N) is 1. The molecule has 3 N–H and O–H groups in total. The van der Waals surface area contributed by atoms with Gasteiger partial charge in [0.2, 0.25) is 0 Å². The molecule has 0 aromatic rings. The average Bonchev–Trinajstić information content (AvgIpc) is 2.90. The Morgan fingerprint density at radius 1 is 0.950 bits per heavy atom. The van der Waals surface area contributed by atoms with Crippen molar-refractivity contribution < 1.29 is 52.5 Å². The number of quaternary nitrogens is 1. The largest absolute Gasteiger partial charge is 1.00 e. The van der Waals surface area contributed by atoms with Crippen LogP contribution in [0, 0.1) is 0 Å². The lowest BCUT2D eigenvalue weighted by molar-refractivity contribution is -1.07. The Morgan fingerprint density at radius 2 is 1.45 bits per heavy atom. The minimum atomic E-state index is -0.531. The van der Waals surface area contributed by atoms with Gasteiger partial charge in [0, 0.05) is 25.5 Å². The van der Waals surface area contributed by atoms with Gasteiger partial charge in [0.05, 0.1) is 25.5 Å². The zero-order valence-electron chi connectivity index (χ0n) is 25.8. The van der Waals surface area contributed by atoms with Gasteiger partial charge in [-0.15, -0.1) is 0 Å².